The van der Waals surface area contributed by atoms with Crippen molar-refractivity contribution in [2.75, 3.05) is 0 Å². The molecule has 0 aromatic heterocycles. The Kier molecular flexibility index (Phi) is 3.26. The van der Waals surface area contributed by atoms with Gasteiger partial charge in [-0.05, 0) is 41.7 Å². The van der Waals surface area contributed by atoms with Crippen LogP contribution in [-0.2, 0) is 15.3 Å². The van der Waals surface area contributed by atoms with Crippen LogP contribution in [0.5, 0.6) is 0 Å². The number of sulfone groups is 1. The summed E-state index contributed by atoms with van der Waals surface area (Å²) < 4.78 is 26.1. The van der Waals surface area contributed by atoms with E-state index in [0.717, 1.165) is 22.3 Å². The molecule has 0 radical (unpaired) electrons. The van der Waals surface area contributed by atoms with E-state index >= 15 is 0 Å². The third-order valence-electron chi connectivity index (χ3n) is 4.73. The first-order chi connectivity index (χ1) is 10.2. The Bertz CT molecular complexity index is 859. The summed E-state index contributed by atoms with van der Waals surface area (Å²) in [4.78, 5) is 0.927. The minimum atomic E-state index is -3.45. The van der Waals surface area contributed by atoms with Crippen LogP contribution in [0, 0.1) is 6.92 Å². The summed E-state index contributed by atoms with van der Waals surface area (Å²) in [6, 6.07) is 11.6. The van der Waals surface area contributed by atoms with Crippen LogP contribution >= 0.6 is 0 Å². The molecule has 1 aliphatic heterocycles. The van der Waals surface area contributed by atoms with Crippen molar-refractivity contribution in [1.29, 1.82) is 0 Å². The first kappa shape index (κ1) is 15.3. The van der Waals surface area contributed by atoms with Gasteiger partial charge in [0.25, 0.3) is 0 Å². The van der Waals surface area contributed by atoms with Crippen LogP contribution in [0.4, 0.5) is 0 Å². The summed E-state index contributed by atoms with van der Waals surface area (Å²) in [6.07, 6.45) is 0. The topological polar surface area (TPSA) is 34.1 Å². The Hall–Kier alpha value is -1.61. The van der Waals surface area contributed by atoms with E-state index in [2.05, 4.69) is 33.8 Å². The molecule has 2 aromatic rings. The molecule has 0 spiro atoms. The molecule has 0 N–H and O–H groups in total. The van der Waals surface area contributed by atoms with Crippen molar-refractivity contribution in [2.45, 2.75) is 55.7 Å². The van der Waals surface area contributed by atoms with Crippen LogP contribution in [0.3, 0.4) is 0 Å². The van der Waals surface area contributed by atoms with E-state index in [0.29, 0.717) is 15.7 Å². The number of fused-ring (bicyclic) bond motifs is 2. The minimum Gasteiger partial charge on any atom is -0.218 e. The summed E-state index contributed by atoms with van der Waals surface area (Å²) in [5.74, 6) is 0.308. The summed E-state index contributed by atoms with van der Waals surface area (Å²) in [5.41, 5.74) is 3.64. The molecule has 1 heterocycles. The number of rotatable bonds is 1. The van der Waals surface area contributed by atoms with Gasteiger partial charge in [0.05, 0.1) is 9.79 Å². The lowest BCUT2D eigenvalue weighted by Gasteiger charge is -2.35. The van der Waals surface area contributed by atoms with E-state index in [1.165, 1.54) is 0 Å². The zero-order chi connectivity index (χ0) is 16.3. The monoisotopic (exact) mass is 314 g/mol. The molecule has 0 saturated heterocycles. The lowest BCUT2D eigenvalue weighted by Crippen LogP contribution is -2.30. The average molecular weight is 314 g/mol. The molecule has 0 atom stereocenters. The van der Waals surface area contributed by atoms with E-state index in [9.17, 15) is 8.42 Å². The molecule has 0 saturated carbocycles. The summed E-state index contributed by atoms with van der Waals surface area (Å²) in [7, 11) is -3.45. The first-order valence-electron chi connectivity index (χ1n) is 7.66. The van der Waals surface area contributed by atoms with Crippen LogP contribution in [0.2, 0.25) is 0 Å². The molecule has 1 aliphatic rings. The highest BCUT2D eigenvalue weighted by molar-refractivity contribution is 7.91. The van der Waals surface area contributed by atoms with Gasteiger partial charge in [0.15, 0.2) is 0 Å². The van der Waals surface area contributed by atoms with Crippen molar-refractivity contribution < 1.29 is 8.42 Å². The number of aryl methyl sites for hydroxylation is 1. The van der Waals surface area contributed by atoms with Crippen molar-refractivity contribution in [2.24, 2.45) is 0 Å². The highest BCUT2D eigenvalue weighted by Crippen LogP contribution is 2.46. The molecule has 0 amide bonds. The van der Waals surface area contributed by atoms with E-state index < -0.39 is 9.84 Å². The third kappa shape index (κ3) is 2.03. The predicted octanol–water partition coefficient (Wildman–Crippen LogP) is 4.59. The smallest absolute Gasteiger partial charge is 0.207 e. The van der Waals surface area contributed by atoms with Gasteiger partial charge < -0.3 is 0 Å². The van der Waals surface area contributed by atoms with Gasteiger partial charge in [-0.2, -0.15) is 0 Å². The lowest BCUT2D eigenvalue weighted by molar-refractivity contribution is 0.554. The van der Waals surface area contributed by atoms with Gasteiger partial charge >= 0.3 is 0 Å². The maximum atomic E-state index is 13.1. The fourth-order valence-corrected chi connectivity index (χ4v) is 5.26. The van der Waals surface area contributed by atoms with Crippen molar-refractivity contribution in [3.63, 3.8) is 0 Å². The lowest BCUT2D eigenvalue weighted by atomic mass is 9.76. The molecule has 2 aromatic carbocycles. The van der Waals surface area contributed by atoms with E-state index in [1.807, 2.05) is 31.2 Å². The quantitative estimate of drug-likeness (QED) is 0.771. The van der Waals surface area contributed by atoms with Crippen molar-refractivity contribution >= 4 is 9.84 Å². The summed E-state index contributed by atoms with van der Waals surface area (Å²) in [6.45, 7) is 10.4. The van der Waals surface area contributed by atoms with Crippen molar-refractivity contribution in [3.05, 3.63) is 58.7 Å². The average Bonchev–Trinajstić information content (AvgIpc) is 2.45. The van der Waals surface area contributed by atoms with Gasteiger partial charge in [0, 0.05) is 5.41 Å². The largest absolute Gasteiger partial charge is 0.218 e. The van der Waals surface area contributed by atoms with Crippen LogP contribution in [0.15, 0.2) is 46.2 Å². The molecule has 0 bridgehead atoms. The molecule has 22 heavy (non-hydrogen) atoms. The van der Waals surface area contributed by atoms with Crippen molar-refractivity contribution in [1.82, 2.24) is 0 Å². The molecule has 0 unspecified atom stereocenters. The van der Waals surface area contributed by atoms with Gasteiger partial charge in [0.2, 0.25) is 9.84 Å². The van der Waals surface area contributed by atoms with Crippen LogP contribution in [0.1, 0.15) is 55.9 Å². The maximum absolute atomic E-state index is 13.1. The Labute approximate surface area is 133 Å². The maximum Gasteiger partial charge on any atom is 0.207 e. The molecule has 3 rings (SSSR count). The van der Waals surface area contributed by atoms with Gasteiger partial charge in [-0.3, -0.25) is 0 Å². The zero-order valence-electron chi connectivity index (χ0n) is 13.8. The predicted molar refractivity (Wildman–Crippen MR) is 89.3 cm³/mol. The summed E-state index contributed by atoms with van der Waals surface area (Å²) in [5, 5.41) is 0. The second-order valence-electron chi connectivity index (χ2n) is 7.04. The Morgan fingerprint density at radius 1 is 0.909 bits per heavy atom. The van der Waals surface area contributed by atoms with Gasteiger partial charge in [0.1, 0.15) is 0 Å². The highest BCUT2D eigenvalue weighted by atomic mass is 32.2. The SMILES string of the molecule is Cc1ccc2c(c1)C(C)(C)c1ccc(C(C)C)cc1S2(=O)=O. The molecular formula is C19H22O2S. The van der Waals surface area contributed by atoms with Crippen LogP contribution in [0.25, 0.3) is 0 Å². The Balaban J connectivity index is 2.39. The van der Waals surface area contributed by atoms with E-state index in [1.54, 1.807) is 6.07 Å². The number of hydrogen-bond acceptors (Lipinski definition) is 2. The van der Waals surface area contributed by atoms with Gasteiger partial charge in [-0.1, -0.05) is 57.5 Å². The Morgan fingerprint density at radius 3 is 2.23 bits per heavy atom. The van der Waals surface area contributed by atoms with E-state index in [-0.39, 0.29) is 5.41 Å². The molecule has 3 heteroatoms. The standard InChI is InChI=1S/C19H22O2S/c1-12(2)14-7-8-15-18(11-14)22(20,21)17-9-6-13(3)10-16(17)19(15,4)5/h6-12H,1-5H3. The molecule has 116 valence electrons. The molecule has 0 fully saturated rings. The molecule has 0 aliphatic carbocycles. The number of hydrogen-bond donors (Lipinski definition) is 0. The van der Waals surface area contributed by atoms with Gasteiger partial charge in [-0.25, -0.2) is 8.42 Å². The summed E-state index contributed by atoms with van der Waals surface area (Å²) >= 11 is 0. The third-order valence-corrected chi connectivity index (χ3v) is 6.58. The highest BCUT2D eigenvalue weighted by Gasteiger charge is 2.40. The fourth-order valence-electron chi connectivity index (χ4n) is 3.27. The minimum absolute atomic E-state index is 0.308. The zero-order valence-corrected chi connectivity index (χ0v) is 14.6. The van der Waals surface area contributed by atoms with E-state index in [4.69, 9.17) is 0 Å². The first-order valence-corrected chi connectivity index (χ1v) is 9.14. The van der Waals surface area contributed by atoms with Crippen LogP contribution in [-0.4, -0.2) is 8.42 Å². The second kappa shape index (κ2) is 4.69. The second-order valence-corrected chi connectivity index (χ2v) is 8.92. The molecule has 2 nitrogen and oxygen atoms in total. The van der Waals surface area contributed by atoms with Crippen LogP contribution < -0.4 is 0 Å². The fraction of sp³-hybridized carbons (Fsp3) is 0.368. The Morgan fingerprint density at radius 2 is 1.59 bits per heavy atom. The van der Waals surface area contributed by atoms with Gasteiger partial charge in [-0.15, -0.1) is 0 Å². The van der Waals surface area contributed by atoms with Crippen molar-refractivity contribution in [3.8, 4) is 0 Å². The number of benzene rings is 2. The normalized spacial score (nSPS) is 17.9. The molecular weight excluding hydrogens is 292 g/mol.